The fraction of sp³-hybridized carbons (Fsp3) is 0.125. The monoisotopic (exact) mass is 244 g/mol. The molecule has 0 saturated heterocycles. The summed E-state index contributed by atoms with van der Waals surface area (Å²) in [6.07, 6.45) is 0. The van der Waals surface area contributed by atoms with Crippen LogP contribution in [0.1, 0.15) is 9.67 Å². The van der Waals surface area contributed by atoms with E-state index in [9.17, 15) is 4.79 Å². The van der Waals surface area contributed by atoms with Crippen molar-refractivity contribution in [1.29, 1.82) is 0 Å². The van der Waals surface area contributed by atoms with Gasteiger partial charge >= 0.3 is 12.0 Å². The van der Waals surface area contributed by atoms with Crippen molar-refractivity contribution in [2.75, 3.05) is 7.11 Å². The molecule has 0 fully saturated rings. The summed E-state index contributed by atoms with van der Waals surface area (Å²) in [6, 6.07) is 1.58. The predicted octanol–water partition coefficient (Wildman–Crippen LogP) is 2.05. The van der Waals surface area contributed by atoms with E-state index in [2.05, 4.69) is 9.97 Å². The number of ether oxygens (including phenoxy) is 1. The lowest BCUT2D eigenvalue weighted by molar-refractivity contribution is 0.0702. The summed E-state index contributed by atoms with van der Waals surface area (Å²) in [5.41, 5.74) is 0. The van der Waals surface area contributed by atoms with E-state index in [4.69, 9.17) is 21.4 Å². The van der Waals surface area contributed by atoms with Gasteiger partial charge in [-0.25, -0.2) is 4.79 Å². The standard InChI is InChI=1S/C8H5ClN2O3S/c1-14-8-10-5(9)3-2-4(7(12)13)15-6(3)11-8/h2H,1H3,(H,12,13). The summed E-state index contributed by atoms with van der Waals surface area (Å²) in [5.74, 6) is -1.01. The summed E-state index contributed by atoms with van der Waals surface area (Å²) in [5, 5.41) is 9.51. The van der Waals surface area contributed by atoms with Crippen molar-refractivity contribution in [2.24, 2.45) is 0 Å². The normalized spacial score (nSPS) is 10.5. The molecule has 15 heavy (non-hydrogen) atoms. The Labute approximate surface area is 93.3 Å². The summed E-state index contributed by atoms with van der Waals surface area (Å²) in [6.45, 7) is 0. The Bertz CT molecular complexity index is 540. The molecule has 2 aromatic heterocycles. The quantitative estimate of drug-likeness (QED) is 0.819. The van der Waals surface area contributed by atoms with Crippen molar-refractivity contribution in [3.8, 4) is 6.01 Å². The average Bonchev–Trinajstić information content (AvgIpc) is 2.61. The number of fused-ring (bicyclic) bond motifs is 1. The Kier molecular flexibility index (Phi) is 2.45. The molecule has 5 nitrogen and oxygen atoms in total. The number of nitrogens with zero attached hydrogens (tertiary/aromatic N) is 2. The van der Waals surface area contributed by atoms with E-state index in [-0.39, 0.29) is 16.0 Å². The molecular formula is C8H5ClN2O3S. The number of carboxylic acids is 1. The van der Waals surface area contributed by atoms with Crippen LogP contribution in [-0.2, 0) is 0 Å². The fourth-order valence-corrected chi connectivity index (χ4v) is 2.20. The van der Waals surface area contributed by atoms with E-state index in [0.717, 1.165) is 11.3 Å². The molecule has 78 valence electrons. The van der Waals surface area contributed by atoms with Gasteiger partial charge in [0.2, 0.25) is 0 Å². The van der Waals surface area contributed by atoms with Gasteiger partial charge in [-0.15, -0.1) is 11.3 Å². The molecule has 0 aliphatic heterocycles. The van der Waals surface area contributed by atoms with E-state index >= 15 is 0 Å². The molecule has 0 aliphatic rings. The zero-order chi connectivity index (χ0) is 11.0. The van der Waals surface area contributed by atoms with Crippen LogP contribution in [0.25, 0.3) is 10.2 Å². The van der Waals surface area contributed by atoms with Gasteiger partial charge in [-0.05, 0) is 6.07 Å². The molecule has 0 aromatic carbocycles. The molecule has 0 aliphatic carbocycles. The Balaban J connectivity index is 2.69. The number of hydrogen-bond acceptors (Lipinski definition) is 5. The average molecular weight is 245 g/mol. The summed E-state index contributed by atoms with van der Waals surface area (Å²) >= 11 is 6.88. The third-order valence-corrected chi connectivity index (χ3v) is 3.02. The van der Waals surface area contributed by atoms with Gasteiger partial charge in [-0.3, -0.25) is 0 Å². The smallest absolute Gasteiger partial charge is 0.345 e. The van der Waals surface area contributed by atoms with Gasteiger partial charge < -0.3 is 9.84 Å². The molecule has 2 aromatic rings. The number of rotatable bonds is 2. The molecule has 0 spiro atoms. The van der Waals surface area contributed by atoms with Crippen molar-refractivity contribution in [2.45, 2.75) is 0 Å². The van der Waals surface area contributed by atoms with Crippen LogP contribution in [0.2, 0.25) is 5.15 Å². The second-order valence-corrected chi connectivity index (χ2v) is 4.02. The zero-order valence-corrected chi connectivity index (χ0v) is 9.09. The van der Waals surface area contributed by atoms with Gasteiger partial charge in [0.05, 0.1) is 7.11 Å². The minimum absolute atomic E-state index is 0.131. The molecule has 0 radical (unpaired) electrons. The Hall–Kier alpha value is -1.40. The van der Waals surface area contributed by atoms with Crippen molar-refractivity contribution in [3.05, 3.63) is 16.1 Å². The highest BCUT2D eigenvalue weighted by molar-refractivity contribution is 7.20. The summed E-state index contributed by atoms with van der Waals surface area (Å²) < 4.78 is 4.83. The molecule has 7 heteroatoms. The summed E-state index contributed by atoms with van der Waals surface area (Å²) in [4.78, 5) is 19.2. The number of carbonyl (C=O) groups is 1. The second-order valence-electron chi connectivity index (χ2n) is 2.64. The fourth-order valence-electron chi connectivity index (χ4n) is 1.07. The number of carboxylic acid groups (broad SMARTS) is 1. The van der Waals surface area contributed by atoms with E-state index < -0.39 is 5.97 Å². The highest BCUT2D eigenvalue weighted by atomic mass is 35.5. The van der Waals surface area contributed by atoms with Crippen LogP contribution in [0.3, 0.4) is 0 Å². The molecule has 1 N–H and O–H groups in total. The third-order valence-electron chi connectivity index (χ3n) is 1.72. The van der Waals surface area contributed by atoms with Crippen molar-refractivity contribution in [1.82, 2.24) is 9.97 Å². The lowest BCUT2D eigenvalue weighted by Gasteiger charge is -1.97. The Morgan fingerprint density at radius 1 is 1.60 bits per heavy atom. The maximum atomic E-state index is 10.7. The molecule has 0 amide bonds. The zero-order valence-electron chi connectivity index (χ0n) is 7.52. The van der Waals surface area contributed by atoms with Crippen LogP contribution < -0.4 is 4.74 Å². The molecule has 0 bridgehead atoms. The van der Waals surface area contributed by atoms with Gasteiger partial charge in [0.15, 0.2) is 0 Å². The van der Waals surface area contributed by atoms with Gasteiger partial charge in [0.25, 0.3) is 0 Å². The SMILES string of the molecule is COc1nc(Cl)c2cc(C(=O)O)sc2n1. The number of hydrogen-bond donors (Lipinski definition) is 1. The Morgan fingerprint density at radius 3 is 2.93 bits per heavy atom. The molecule has 0 saturated carbocycles. The van der Waals surface area contributed by atoms with Gasteiger partial charge in [0, 0.05) is 5.39 Å². The summed E-state index contributed by atoms with van der Waals surface area (Å²) in [7, 11) is 1.42. The third kappa shape index (κ3) is 1.73. The molecule has 2 heterocycles. The lowest BCUT2D eigenvalue weighted by Crippen LogP contribution is -1.91. The molecule has 0 unspecified atom stereocenters. The number of methoxy groups -OCH3 is 1. The largest absolute Gasteiger partial charge is 0.477 e. The van der Waals surface area contributed by atoms with Crippen molar-refractivity contribution in [3.63, 3.8) is 0 Å². The van der Waals surface area contributed by atoms with E-state index in [1.54, 1.807) is 0 Å². The molecule has 0 atom stereocenters. The second kappa shape index (κ2) is 3.63. The predicted molar refractivity (Wildman–Crippen MR) is 55.9 cm³/mol. The van der Waals surface area contributed by atoms with Gasteiger partial charge in [0.1, 0.15) is 14.9 Å². The first-order valence-electron chi connectivity index (χ1n) is 3.86. The maximum absolute atomic E-state index is 10.7. The first-order valence-corrected chi connectivity index (χ1v) is 5.05. The minimum Gasteiger partial charge on any atom is -0.477 e. The number of thiophene rings is 1. The molecule has 2 rings (SSSR count). The van der Waals surface area contributed by atoms with Crippen LogP contribution in [0.4, 0.5) is 0 Å². The number of halogens is 1. The minimum atomic E-state index is -1.01. The van der Waals surface area contributed by atoms with Crippen LogP contribution >= 0.6 is 22.9 Å². The maximum Gasteiger partial charge on any atom is 0.345 e. The highest BCUT2D eigenvalue weighted by Gasteiger charge is 2.14. The highest BCUT2D eigenvalue weighted by Crippen LogP contribution is 2.30. The van der Waals surface area contributed by atoms with Gasteiger partial charge in [-0.1, -0.05) is 11.6 Å². The topological polar surface area (TPSA) is 72.3 Å². The van der Waals surface area contributed by atoms with E-state index in [1.165, 1.54) is 13.2 Å². The number of aromatic carboxylic acids is 1. The molecular weight excluding hydrogens is 240 g/mol. The van der Waals surface area contributed by atoms with E-state index in [1.807, 2.05) is 0 Å². The lowest BCUT2D eigenvalue weighted by atomic mass is 10.4. The first-order chi connectivity index (χ1) is 7.11. The van der Waals surface area contributed by atoms with Gasteiger partial charge in [-0.2, -0.15) is 9.97 Å². The number of aromatic nitrogens is 2. The van der Waals surface area contributed by atoms with Crippen LogP contribution in [0.5, 0.6) is 6.01 Å². The van der Waals surface area contributed by atoms with Crippen LogP contribution in [0, 0.1) is 0 Å². The van der Waals surface area contributed by atoms with E-state index in [0.29, 0.717) is 10.2 Å². The first kappa shape index (κ1) is 10.1. The Morgan fingerprint density at radius 2 is 2.33 bits per heavy atom. The van der Waals surface area contributed by atoms with Crippen molar-refractivity contribution >= 4 is 39.1 Å². The van der Waals surface area contributed by atoms with Crippen LogP contribution in [0.15, 0.2) is 6.07 Å². The van der Waals surface area contributed by atoms with Crippen LogP contribution in [-0.4, -0.2) is 28.2 Å². The van der Waals surface area contributed by atoms with Crippen molar-refractivity contribution < 1.29 is 14.6 Å².